The Morgan fingerprint density at radius 2 is 1.85 bits per heavy atom. The summed E-state index contributed by atoms with van der Waals surface area (Å²) in [5.41, 5.74) is 6.28. The minimum atomic E-state index is -0.0469. The fraction of sp³-hybridized carbons (Fsp3) is 0.478. The molecule has 0 aliphatic heterocycles. The topological polar surface area (TPSA) is 21.3 Å². The van der Waals surface area contributed by atoms with Gasteiger partial charge in [0.05, 0.1) is 11.1 Å². The molecule has 2 aromatic heterocycles. The number of fused-ring (bicyclic) bond motifs is 1. The number of aromatic nitrogens is 1. The normalized spacial score (nSPS) is 16.9. The third-order valence-corrected chi connectivity index (χ3v) is 6.38. The van der Waals surface area contributed by atoms with Gasteiger partial charge in [0, 0.05) is 31.5 Å². The fourth-order valence-electron chi connectivity index (χ4n) is 4.96. The van der Waals surface area contributed by atoms with Crippen LogP contribution in [0.1, 0.15) is 55.9 Å². The van der Waals surface area contributed by atoms with Gasteiger partial charge in [-0.2, -0.15) is 0 Å². The third kappa shape index (κ3) is 2.48. The monoisotopic (exact) mass is 350 g/mol. The van der Waals surface area contributed by atoms with Gasteiger partial charge in [-0.1, -0.05) is 44.4 Å². The van der Waals surface area contributed by atoms with E-state index in [1.807, 2.05) is 0 Å². The minimum Gasteiger partial charge on any atom is -0.457 e. The molecule has 0 spiro atoms. The maximum atomic E-state index is 6.57. The van der Waals surface area contributed by atoms with Gasteiger partial charge in [0.15, 0.2) is 5.58 Å². The molecule has 0 N–H and O–H groups in total. The Hall–Kier alpha value is -2.16. The number of benzene rings is 1. The van der Waals surface area contributed by atoms with Crippen molar-refractivity contribution in [1.82, 2.24) is 4.57 Å². The zero-order valence-electron chi connectivity index (χ0n) is 16.5. The molecule has 2 heterocycles. The van der Waals surface area contributed by atoms with Crippen molar-refractivity contribution in [3.8, 4) is 0 Å². The number of furan rings is 1. The van der Waals surface area contributed by atoms with Gasteiger partial charge >= 0.3 is 0 Å². The zero-order valence-corrected chi connectivity index (χ0v) is 16.5. The van der Waals surface area contributed by atoms with E-state index in [1.54, 1.807) is 0 Å². The van der Waals surface area contributed by atoms with Crippen LogP contribution >= 0.6 is 0 Å². The maximum absolute atomic E-state index is 6.57. The van der Waals surface area contributed by atoms with E-state index in [0.29, 0.717) is 0 Å². The summed E-state index contributed by atoms with van der Waals surface area (Å²) < 4.78 is 8.79. The van der Waals surface area contributed by atoms with E-state index in [0.717, 1.165) is 24.8 Å². The molecule has 1 aromatic carbocycles. The molecule has 3 aromatic rings. The van der Waals surface area contributed by atoms with Crippen LogP contribution in [0.25, 0.3) is 11.1 Å². The van der Waals surface area contributed by atoms with Crippen LogP contribution < -0.4 is 4.90 Å². The molecule has 0 radical (unpaired) electrons. The number of rotatable bonds is 4. The summed E-state index contributed by atoms with van der Waals surface area (Å²) in [4.78, 5) is 2.51. The summed E-state index contributed by atoms with van der Waals surface area (Å²) in [6.45, 7) is 4.47. The van der Waals surface area contributed by atoms with Crippen LogP contribution in [-0.2, 0) is 19.0 Å². The summed E-state index contributed by atoms with van der Waals surface area (Å²) in [6.07, 6.45) is 9.27. The van der Waals surface area contributed by atoms with Crippen molar-refractivity contribution in [3.05, 3.63) is 53.4 Å². The van der Waals surface area contributed by atoms with Gasteiger partial charge in [0.2, 0.25) is 0 Å². The first kappa shape index (κ1) is 17.3. The highest BCUT2D eigenvalue weighted by Gasteiger charge is 2.43. The average Bonchev–Trinajstić information content (AvgIpc) is 3.22. The molecule has 1 saturated carbocycles. The molecular formula is C23H30N2O. The molecule has 0 saturated heterocycles. The van der Waals surface area contributed by atoms with Crippen molar-refractivity contribution in [3.63, 3.8) is 0 Å². The molecule has 4 rings (SSSR count). The molecule has 0 bridgehead atoms. The summed E-state index contributed by atoms with van der Waals surface area (Å²) in [5, 5.41) is 0. The van der Waals surface area contributed by atoms with E-state index in [2.05, 4.69) is 73.9 Å². The number of hydrogen-bond donors (Lipinski definition) is 0. The molecule has 1 aliphatic rings. The van der Waals surface area contributed by atoms with Gasteiger partial charge in [0.25, 0.3) is 0 Å². The summed E-state index contributed by atoms with van der Waals surface area (Å²) in [5.74, 6) is 1.20. The highest BCUT2D eigenvalue weighted by molar-refractivity contribution is 5.80. The zero-order chi connectivity index (χ0) is 18.3. The first-order valence-corrected chi connectivity index (χ1v) is 9.95. The number of para-hydroxylation sites is 1. The number of aryl methyl sites for hydroxylation is 3. The Bertz CT molecular complexity index is 912. The second kappa shape index (κ2) is 6.53. The molecule has 0 atom stereocenters. The van der Waals surface area contributed by atoms with Crippen LogP contribution in [0.15, 0.2) is 40.9 Å². The van der Waals surface area contributed by atoms with Crippen molar-refractivity contribution < 1.29 is 4.42 Å². The van der Waals surface area contributed by atoms with Gasteiger partial charge in [-0.25, -0.2) is 0 Å². The minimum absolute atomic E-state index is 0.0469. The lowest BCUT2D eigenvalue weighted by molar-refractivity contribution is 0.244. The van der Waals surface area contributed by atoms with Crippen molar-refractivity contribution in [2.75, 3.05) is 11.9 Å². The lowest BCUT2D eigenvalue weighted by Crippen LogP contribution is -2.46. The van der Waals surface area contributed by atoms with Crippen molar-refractivity contribution in [2.24, 2.45) is 7.05 Å². The Labute approximate surface area is 156 Å². The van der Waals surface area contributed by atoms with Gasteiger partial charge in [-0.15, -0.1) is 0 Å². The molecule has 3 nitrogen and oxygen atoms in total. The molecule has 0 amide bonds. The molecule has 138 valence electrons. The molecular weight excluding hydrogens is 320 g/mol. The van der Waals surface area contributed by atoms with E-state index in [-0.39, 0.29) is 5.54 Å². The highest BCUT2D eigenvalue weighted by Crippen LogP contribution is 2.48. The third-order valence-electron chi connectivity index (χ3n) is 6.38. The Morgan fingerprint density at radius 3 is 2.54 bits per heavy atom. The van der Waals surface area contributed by atoms with Crippen LogP contribution in [0.4, 0.5) is 5.69 Å². The fourth-order valence-corrected chi connectivity index (χ4v) is 4.96. The lowest BCUT2D eigenvalue weighted by Gasteiger charge is -2.45. The number of nitrogens with zero attached hydrogens (tertiary/aromatic N) is 2. The molecule has 0 unspecified atom stereocenters. The summed E-state index contributed by atoms with van der Waals surface area (Å²) >= 11 is 0. The van der Waals surface area contributed by atoms with E-state index in [4.69, 9.17) is 4.42 Å². The smallest absolute Gasteiger partial charge is 0.152 e. The molecule has 1 fully saturated rings. The average molecular weight is 351 g/mol. The summed E-state index contributed by atoms with van der Waals surface area (Å²) in [6, 6.07) is 10.8. The van der Waals surface area contributed by atoms with Crippen molar-refractivity contribution >= 4 is 16.8 Å². The van der Waals surface area contributed by atoms with Gasteiger partial charge in [-0.05, 0) is 43.9 Å². The lowest BCUT2D eigenvalue weighted by atomic mass is 9.76. The molecule has 1 aliphatic carbocycles. The van der Waals surface area contributed by atoms with Gasteiger partial charge in [0.1, 0.15) is 5.76 Å². The van der Waals surface area contributed by atoms with E-state index in [9.17, 15) is 0 Å². The van der Waals surface area contributed by atoms with Gasteiger partial charge < -0.3 is 13.9 Å². The molecule has 3 heteroatoms. The number of hydrogen-bond acceptors (Lipinski definition) is 2. The standard InChI is InChI=1S/C23H30N2O/c1-5-18-21-20(13-16-24(21)3)26-22(18)23(14-9-6-10-15-23)25(4)19-12-8-7-11-17(19)2/h7-8,11-13,16H,5-6,9-10,14-15H2,1-4H3. The summed E-state index contributed by atoms with van der Waals surface area (Å²) in [7, 11) is 4.39. The largest absolute Gasteiger partial charge is 0.457 e. The first-order valence-electron chi connectivity index (χ1n) is 9.95. The van der Waals surface area contributed by atoms with Crippen LogP contribution in [0.2, 0.25) is 0 Å². The molecule has 26 heavy (non-hydrogen) atoms. The Balaban J connectivity index is 1.92. The van der Waals surface area contributed by atoms with E-state index in [1.165, 1.54) is 47.4 Å². The predicted molar refractivity (Wildman–Crippen MR) is 109 cm³/mol. The second-order valence-corrected chi connectivity index (χ2v) is 7.84. The van der Waals surface area contributed by atoms with Gasteiger partial charge in [-0.3, -0.25) is 0 Å². The van der Waals surface area contributed by atoms with E-state index >= 15 is 0 Å². The number of anilines is 1. The van der Waals surface area contributed by atoms with Crippen LogP contribution in [0.5, 0.6) is 0 Å². The van der Waals surface area contributed by atoms with Crippen LogP contribution in [-0.4, -0.2) is 11.6 Å². The Kier molecular flexibility index (Phi) is 4.34. The predicted octanol–water partition coefficient (Wildman–Crippen LogP) is 5.94. The maximum Gasteiger partial charge on any atom is 0.152 e. The SMILES string of the molecule is CCc1c(C2(N(C)c3ccccc3C)CCCCC2)oc2ccn(C)c12. The van der Waals surface area contributed by atoms with Crippen molar-refractivity contribution in [2.45, 2.75) is 57.9 Å². The van der Waals surface area contributed by atoms with Crippen molar-refractivity contribution in [1.29, 1.82) is 0 Å². The quantitative estimate of drug-likeness (QED) is 0.581. The first-order chi connectivity index (χ1) is 12.6. The van der Waals surface area contributed by atoms with Crippen LogP contribution in [0, 0.1) is 6.92 Å². The van der Waals surface area contributed by atoms with E-state index < -0.39 is 0 Å². The highest BCUT2D eigenvalue weighted by atomic mass is 16.3. The second-order valence-electron chi connectivity index (χ2n) is 7.84. The van der Waals surface area contributed by atoms with Crippen LogP contribution in [0.3, 0.4) is 0 Å². The Morgan fingerprint density at radius 1 is 1.12 bits per heavy atom.